The van der Waals surface area contributed by atoms with Crippen molar-refractivity contribution < 1.29 is 4.52 Å². The molecule has 1 N–H and O–H groups in total. The molecule has 1 fully saturated rings. The SMILES string of the molecule is CNCCCc1cc(C2CC2)on1.Cl. The minimum absolute atomic E-state index is 0. The average molecular weight is 217 g/mol. The van der Waals surface area contributed by atoms with Crippen LogP contribution in [0.1, 0.15) is 36.6 Å². The van der Waals surface area contributed by atoms with Gasteiger partial charge in [-0.2, -0.15) is 0 Å². The summed E-state index contributed by atoms with van der Waals surface area (Å²) in [5.41, 5.74) is 1.11. The Bertz CT molecular complexity index is 271. The predicted molar refractivity (Wildman–Crippen MR) is 58.0 cm³/mol. The largest absolute Gasteiger partial charge is 0.361 e. The summed E-state index contributed by atoms with van der Waals surface area (Å²) >= 11 is 0. The molecule has 0 amide bonds. The Hall–Kier alpha value is -0.540. The Morgan fingerprint density at radius 2 is 2.36 bits per heavy atom. The van der Waals surface area contributed by atoms with E-state index in [0.717, 1.165) is 30.8 Å². The van der Waals surface area contributed by atoms with Crippen LogP contribution in [0.15, 0.2) is 10.6 Å². The first-order valence-corrected chi connectivity index (χ1v) is 5.00. The van der Waals surface area contributed by atoms with Crippen LogP contribution in [-0.4, -0.2) is 18.7 Å². The molecule has 2 rings (SSSR count). The van der Waals surface area contributed by atoms with E-state index in [9.17, 15) is 0 Å². The third-order valence-corrected chi connectivity index (χ3v) is 2.42. The van der Waals surface area contributed by atoms with Gasteiger partial charge in [0.25, 0.3) is 0 Å². The minimum Gasteiger partial charge on any atom is -0.361 e. The van der Waals surface area contributed by atoms with E-state index in [0.29, 0.717) is 5.92 Å². The van der Waals surface area contributed by atoms with Gasteiger partial charge >= 0.3 is 0 Å². The summed E-state index contributed by atoms with van der Waals surface area (Å²) in [4.78, 5) is 0. The number of halogens is 1. The van der Waals surface area contributed by atoms with Crippen molar-refractivity contribution >= 4 is 12.4 Å². The van der Waals surface area contributed by atoms with Crippen molar-refractivity contribution in [3.05, 3.63) is 17.5 Å². The summed E-state index contributed by atoms with van der Waals surface area (Å²) in [5, 5.41) is 7.17. The number of aryl methyl sites for hydroxylation is 1. The molecule has 0 spiro atoms. The van der Waals surface area contributed by atoms with Gasteiger partial charge in [0, 0.05) is 12.0 Å². The second-order valence-corrected chi connectivity index (χ2v) is 3.70. The number of aromatic nitrogens is 1. The smallest absolute Gasteiger partial charge is 0.140 e. The Labute approximate surface area is 90.6 Å². The first kappa shape index (κ1) is 11.5. The lowest BCUT2D eigenvalue weighted by molar-refractivity contribution is 0.377. The van der Waals surface area contributed by atoms with Crippen molar-refractivity contribution in [2.75, 3.05) is 13.6 Å². The van der Waals surface area contributed by atoms with E-state index in [1.807, 2.05) is 7.05 Å². The highest BCUT2D eigenvalue weighted by atomic mass is 35.5. The van der Waals surface area contributed by atoms with Crippen LogP contribution in [0.5, 0.6) is 0 Å². The van der Waals surface area contributed by atoms with Crippen molar-refractivity contribution in [1.29, 1.82) is 0 Å². The van der Waals surface area contributed by atoms with Crippen LogP contribution >= 0.6 is 12.4 Å². The minimum atomic E-state index is 0. The maximum atomic E-state index is 5.25. The van der Waals surface area contributed by atoms with Gasteiger partial charge < -0.3 is 9.84 Å². The van der Waals surface area contributed by atoms with Gasteiger partial charge in [-0.25, -0.2) is 0 Å². The molecule has 1 aromatic rings. The molecule has 4 heteroatoms. The lowest BCUT2D eigenvalue weighted by atomic mass is 10.2. The molecular weight excluding hydrogens is 200 g/mol. The quantitative estimate of drug-likeness (QED) is 0.767. The highest BCUT2D eigenvalue weighted by molar-refractivity contribution is 5.85. The summed E-state index contributed by atoms with van der Waals surface area (Å²) in [6, 6.07) is 2.12. The van der Waals surface area contributed by atoms with E-state index in [1.165, 1.54) is 12.8 Å². The van der Waals surface area contributed by atoms with Gasteiger partial charge in [-0.1, -0.05) is 5.16 Å². The Morgan fingerprint density at radius 1 is 1.57 bits per heavy atom. The van der Waals surface area contributed by atoms with Crippen LogP contribution in [-0.2, 0) is 6.42 Å². The fourth-order valence-electron chi connectivity index (χ4n) is 1.45. The zero-order chi connectivity index (χ0) is 9.10. The lowest BCUT2D eigenvalue weighted by Gasteiger charge is -1.94. The van der Waals surface area contributed by atoms with E-state index in [-0.39, 0.29) is 12.4 Å². The van der Waals surface area contributed by atoms with Crippen molar-refractivity contribution in [2.45, 2.75) is 31.6 Å². The highest BCUT2D eigenvalue weighted by Gasteiger charge is 2.27. The first-order valence-electron chi connectivity index (χ1n) is 5.00. The molecule has 0 unspecified atom stereocenters. The van der Waals surface area contributed by atoms with Crippen LogP contribution in [0.2, 0.25) is 0 Å². The Balaban J connectivity index is 0.000000980. The summed E-state index contributed by atoms with van der Waals surface area (Å²) in [5.74, 6) is 1.78. The lowest BCUT2D eigenvalue weighted by Crippen LogP contribution is -2.08. The summed E-state index contributed by atoms with van der Waals surface area (Å²) in [7, 11) is 1.97. The number of nitrogens with one attached hydrogen (secondary N) is 1. The van der Waals surface area contributed by atoms with Crippen molar-refractivity contribution in [3.8, 4) is 0 Å². The summed E-state index contributed by atoms with van der Waals surface area (Å²) < 4.78 is 5.25. The molecule has 1 aliphatic rings. The van der Waals surface area contributed by atoms with Crippen molar-refractivity contribution in [2.24, 2.45) is 0 Å². The van der Waals surface area contributed by atoms with E-state index >= 15 is 0 Å². The normalized spacial score (nSPS) is 15.2. The van der Waals surface area contributed by atoms with Crippen LogP contribution < -0.4 is 5.32 Å². The fraction of sp³-hybridized carbons (Fsp3) is 0.700. The van der Waals surface area contributed by atoms with Crippen molar-refractivity contribution in [1.82, 2.24) is 10.5 Å². The third kappa shape index (κ3) is 3.00. The molecule has 1 aromatic heterocycles. The van der Waals surface area contributed by atoms with Crippen LogP contribution in [0.4, 0.5) is 0 Å². The van der Waals surface area contributed by atoms with Crippen LogP contribution in [0, 0.1) is 0 Å². The highest BCUT2D eigenvalue weighted by Crippen LogP contribution is 2.40. The Kier molecular flexibility index (Phi) is 4.42. The van der Waals surface area contributed by atoms with Gasteiger partial charge in [0.05, 0.1) is 5.69 Å². The van der Waals surface area contributed by atoms with Gasteiger partial charge in [0.1, 0.15) is 5.76 Å². The molecule has 0 radical (unpaired) electrons. The molecule has 0 aromatic carbocycles. The van der Waals surface area contributed by atoms with Gasteiger partial charge in [0.2, 0.25) is 0 Å². The monoisotopic (exact) mass is 216 g/mol. The van der Waals surface area contributed by atoms with E-state index < -0.39 is 0 Å². The van der Waals surface area contributed by atoms with E-state index in [1.54, 1.807) is 0 Å². The first-order chi connectivity index (χ1) is 6.40. The van der Waals surface area contributed by atoms with Crippen LogP contribution in [0.3, 0.4) is 0 Å². The van der Waals surface area contributed by atoms with Gasteiger partial charge in [-0.15, -0.1) is 12.4 Å². The number of rotatable bonds is 5. The molecular formula is C10H17ClN2O. The van der Waals surface area contributed by atoms with Gasteiger partial charge in [-0.05, 0) is 39.3 Å². The van der Waals surface area contributed by atoms with Crippen molar-refractivity contribution in [3.63, 3.8) is 0 Å². The van der Waals surface area contributed by atoms with Gasteiger partial charge in [-0.3, -0.25) is 0 Å². The second kappa shape index (κ2) is 5.37. The fourth-order valence-corrected chi connectivity index (χ4v) is 1.45. The molecule has 80 valence electrons. The molecule has 14 heavy (non-hydrogen) atoms. The predicted octanol–water partition coefficient (Wildman–Crippen LogP) is 2.13. The molecule has 0 atom stereocenters. The second-order valence-electron chi connectivity index (χ2n) is 3.70. The van der Waals surface area contributed by atoms with Crippen LogP contribution in [0.25, 0.3) is 0 Å². The zero-order valence-electron chi connectivity index (χ0n) is 8.45. The summed E-state index contributed by atoms with van der Waals surface area (Å²) in [6.07, 6.45) is 4.72. The average Bonchev–Trinajstić information content (AvgIpc) is 2.88. The maximum absolute atomic E-state index is 5.25. The molecule has 0 saturated heterocycles. The number of nitrogens with zero attached hydrogens (tertiary/aromatic N) is 1. The molecule has 1 aliphatic carbocycles. The molecule has 0 bridgehead atoms. The maximum Gasteiger partial charge on any atom is 0.140 e. The third-order valence-electron chi connectivity index (χ3n) is 2.42. The molecule has 0 aliphatic heterocycles. The zero-order valence-corrected chi connectivity index (χ0v) is 9.27. The van der Waals surface area contributed by atoms with Gasteiger partial charge in [0.15, 0.2) is 0 Å². The topological polar surface area (TPSA) is 38.1 Å². The number of hydrogen-bond acceptors (Lipinski definition) is 3. The molecule has 1 saturated carbocycles. The molecule has 3 nitrogen and oxygen atoms in total. The summed E-state index contributed by atoms with van der Waals surface area (Å²) in [6.45, 7) is 1.05. The molecule has 1 heterocycles. The standard InChI is InChI=1S/C10H16N2O.ClH/c1-11-6-2-3-9-7-10(13-12-9)8-4-5-8;/h7-8,11H,2-6H2,1H3;1H. The van der Waals surface area contributed by atoms with E-state index in [2.05, 4.69) is 16.5 Å². The van der Waals surface area contributed by atoms with E-state index in [4.69, 9.17) is 4.52 Å². The Morgan fingerprint density at radius 3 is 3.00 bits per heavy atom. The number of hydrogen-bond donors (Lipinski definition) is 1.